The molecule has 0 aliphatic heterocycles. The van der Waals surface area contributed by atoms with Crippen LogP contribution < -0.4 is 5.32 Å². The van der Waals surface area contributed by atoms with Crippen molar-refractivity contribution < 1.29 is 0 Å². The van der Waals surface area contributed by atoms with Crippen molar-refractivity contribution in [3.05, 3.63) is 38.4 Å². The van der Waals surface area contributed by atoms with Crippen LogP contribution in [0.5, 0.6) is 0 Å². The van der Waals surface area contributed by atoms with Gasteiger partial charge in [0.15, 0.2) is 5.82 Å². The number of hydrogen-bond donors (Lipinski definition) is 1. The average Bonchev–Trinajstić information content (AvgIpc) is 2.46. The molecule has 2 aromatic rings. The Balaban J connectivity index is 2.52. The molecule has 0 atom stereocenters. The molecule has 1 aromatic heterocycles. The lowest BCUT2D eigenvalue weighted by Crippen LogP contribution is -2.07. The zero-order chi connectivity index (χ0) is 15.4. The summed E-state index contributed by atoms with van der Waals surface area (Å²) in [6, 6.07) is 6.18. The van der Waals surface area contributed by atoms with E-state index in [4.69, 9.17) is 9.97 Å². The second-order valence-corrected chi connectivity index (χ2v) is 6.60. The first kappa shape index (κ1) is 16.4. The third-order valence-electron chi connectivity index (χ3n) is 3.23. The lowest BCUT2D eigenvalue weighted by atomic mass is 10.1. The fraction of sp³-hybridized carbons (Fsp3) is 0.375. The van der Waals surface area contributed by atoms with Crippen LogP contribution in [0.25, 0.3) is 11.4 Å². The van der Waals surface area contributed by atoms with Crippen molar-refractivity contribution in [2.24, 2.45) is 0 Å². The number of rotatable bonds is 5. The van der Waals surface area contributed by atoms with Gasteiger partial charge in [-0.05, 0) is 59.5 Å². The number of nitrogens with one attached hydrogen (secondary N) is 1. The molecule has 3 nitrogen and oxygen atoms in total. The van der Waals surface area contributed by atoms with E-state index in [-0.39, 0.29) is 0 Å². The van der Waals surface area contributed by atoms with Gasteiger partial charge in [-0.1, -0.05) is 29.8 Å². The van der Waals surface area contributed by atoms with Crippen LogP contribution in [0.3, 0.4) is 0 Å². The summed E-state index contributed by atoms with van der Waals surface area (Å²) in [4.78, 5) is 9.40. The Morgan fingerprint density at radius 3 is 2.52 bits per heavy atom. The lowest BCUT2D eigenvalue weighted by molar-refractivity contribution is 0.943. The minimum Gasteiger partial charge on any atom is -0.369 e. The van der Waals surface area contributed by atoms with Crippen molar-refractivity contribution in [3.63, 3.8) is 0 Å². The van der Waals surface area contributed by atoms with Crippen LogP contribution in [0.4, 0.5) is 5.82 Å². The number of hydrogen-bond acceptors (Lipinski definition) is 3. The summed E-state index contributed by atoms with van der Waals surface area (Å²) in [5.74, 6) is 1.65. The van der Waals surface area contributed by atoms with Gasteiger partial charge < -0.3 is 5.32 Å². The first-order chi connectivity index (χ1) is 10.1. The number of anilines is 1. The number of nitrogens with zero attached hydrogens (tertiary/aromatic N) is 2. The Bertz CT molecular complexity index is 642. The van der Waals surface area contributed by atoms with Crippen molar-refractivity contribution >= 4 is 37.7 Å². The maximum Gasteiger partial charge on any atom is 0.162 e. The lowest BCUT2D eigenvalue weighted by Gasteiger charge is -2.13. The smallest absolute Gasteiger partial charge is 0.162 e. The number of halogens is 2. The number of aromatic nitrogens is 2. The maximum absolute atomic E-state index is 4.71. The molecule has 0 unspecified atom stereocenters. The fourth-order valence-electron chi connectivity index (χ4n) is 2.09. The van der Waals surface area contributed by atoms with E-state index in [0.717, 1.165) is 56.8 Å². The monoisotopic (exact) mass is 411 g/mol. The van der Waals surface area contributed by atoms with E-state index in [1.807, 2.05) is 6.07 Å². The summed E-state index contributed by atoms with van der Waals surface area (Å²) in [7, 11) is 0. The van der Waals surface area contributed by atoms with Gasteiger partial charge in [0.1, 0.15) is 5.82 Å². The Labute approximate surface area is 142 Å². The topological polar surface area (TPSA) is 37.8 Å². The van der Waals surface area contributed by atoms with Gasteiger partial charge in [-0.2, -0.15) is 0 Å². The molecule has 0 saturated heterocycles. The molecule has 1 heterocycles. The zero-order valence-corrected chi connectivity index (χ0v) is 15.7. The number of aryl methyl sites for hydroxylation is 2. The van der Waals surface area contributed by atoms with Crippen molar-refractivity contribution in [2.75, 3.05) is 11.9 Å². The molecular formula is C16H19Br2N3. The van der Waals surface area contributed by atoms with Crippen molar-refractivity contribution in [3.8, 4) is 11.4 Å². The summed E-state index contributed by atoms with van der Waals surface area (Å²) in [5.41, 5.74) is 3.26. The average molecular weight is 413 g/mol. The summed E-state index contributed by atoms with van der Waals surface area (Å²) in [6.07, 6.45) is 1.93. The van der Waals surface area contributed by atoms with Crippen LogP contribution in [-0.2, 0) is 6.42 Å². The molecule has 0 aliphatic rings. The minimum atomic E-state index is 0.777. The number of benzene rings is 1. The van der Waals surface area contributed by atoms with Gasteiger partial charge in [-0.3, -0.25) is 0 Å². The molecule has 0 aliphatic carbocycles. The Morgan fingerprint density at radius 2 is 1.90 bits per heavy atom. The quantitative estimate of drug-likeness (QED) is 0.717. The minimum absolute atomic E-state index is 0.777. The van der Waals surface area contributed by atoms with Gasteiger partial charge >= 0.3 is 0 Å². The molecule has 0 amide bonds. The highest BCUT2D eigenvalue weighted by molar-refractivity contribution is 9.11. The van der Waals surface area contributed by atoms with Crippen molar-refractivity contribution in [1.82, 2.24) is 9.97 Å². The zero-order valence-electron chi connectivity index (χ0n) is 12.5. The summed E-state index contributed by atoms with van der Waals surface area (Å²) in [6.45, 7) is 7.23. The molecular weight excluding hydrogens is 394 g/mol. The Hall–Kier alpha value is -0.940. The second-order valence-electron chi connectivity index (χ2n) is 4.90. The third-order valence-corrected chi connectivity index (χ3v) is 4.55. The highest BCUT2D eigenvalue weighted by atomic mass is 79.9. The molecule has 0 radical (unpaired) electrons. The van der Waals surface area contributed by atoms with Gasteiger partial charge in [0, 0.05) is 16.6 Å². The predicted molar refractivity (Wildman–Crippen MR) is 95.8 cm³/mol. The third kappa shape index (κ3) is 3.83. The van der Waals surface area contributed by atoms with Crippen LogP contribution in [0, 0.1) is 6.92 Å². The van der Waals surface area contributed by atoms with Gasteiger partial charge in [-0.25, -0.2) is 9.97 Å². The Kier molecular flexibility index (Phi) is 5.76. The van der Waals surface area contributed by atoms with Crippen LogP contribution in [0.2, 0.25) is 0 Å². The van der Waals surface area contributed by atoms with E-state index < -0.39 is 0 Å². The second kappa shape index (κ2) is 7.36. The highest BCUT2D eigenvalue weighted by Crippen LogP contribution is 2.30. The summed E-state index contributed by atoms with van der Waals surface area (Å²) >= 11 is 7.11. The van der Waals surface area contributed by atoms with E-state index in [9.17, 15) is 0 Å². The maximum atomic E-state index is 4.71. The van der Waals surface area contributed by atoms with Gasteiger partial charge in [0.25, 0.3) is 0 Å². The van der Waals surface area contributed by atoms with Crippen LogP contribution in [-0.4, -0.2) is 16.5 Å². The van der Waals surface area contributed by atoms with Crippen LogP contribution >= 0.6 is 31.9 Å². The molecule has 21 heavy (non-hydrogen) atoms. The summed E-state index contributed by atoms with van der Waals surface area (Å²) in [5, 5.41) is 3.37. The van der Waals surface area contributed by atoms with Gasteiger partial charge in [0.2, 0.25) is 0 Å². The van der Waals surface area contributed by atoms with E-state index in [1.165, 1.54) is 0 Å². The highest BCUT2D eigenvalue weighted by Gasteiger charge is 2.13. The van der Waals surface area contributed by atoms with E-state index >= 15 is 0 Å². The van der Waals surface area contributed by atoms with E-state index in [2.05, 4.69) is 70.1 Å². The SMILES string of the molecule is CCCNc1nc(-c2ccc(Br)cc2C)nc(CC)c1Br. The predicted octanol–water partition coefficient (Wildman–Crippen LogP) is 5.36. The van der Waals surface area contributed by atoms with E-state index in [0.29, 0.717) is 0 Å². The summed E-state index contributed by atoms with van der Waals surface area (Å²) < 4.78 is 2.04. The van der Waals surface area contributed by atoms with E-state index in [1.54, 1.807) is 0 Å². The first-order valence-corrected chi connectivity index (χ1v) is 8.72. The van der Waals surface area contributed by atoms with Crippen molar-refractivity contribution in [1.29, 1.82) is 0 Å². The van der Waals surface area contributed by atoms with Crippen LogP contribution in [0.15, 0.2) is 27.1 Å². The molecule has 0 spiro atoms. The molecule has 0 saturated carbocycles. The fourth-order valence-corrected chi connectivity index (χ4v) is 3.16. The largest absolute Gasteiger partial charge is 0.369 e. The van der Waals surface area contributed by atoms with Crippen molar-refractivity contribution in [2.45, 2.75) is 33.6 Å². The molecule has 1 aromatic carbocycles. The first-order valence-electron chi connectivity index (χ1n) is 7.13. The van der Waals surface area contributed by atoms with Crippen LogP contribution in [0.1, 0.15) is 31.5 Å². The standard InChI is InChI=1S/C16H19Br2N3/c1-4-8-19-16-14(18)13(5-2)20-15(21-16)12-7-6-11(17)9-10(12)3/h6-7,9H,4-5,8H2,1-3H3,(H,19,20,21). The normalized spacial score (nSPS) is 10.7. The molecule has 2 rings (SSSR count). The van der Waals surface area contributed by atoms with Gasteiger partial charge in [0.05, 0.1) is 10.2 Å². The molecule has 112 valence electrons. The molecule has 0 bridgehead atoms. The Morgan fingerprint density at radius 1 is 1.14 bits per heavy atom. The van der Waals surface area contributed by atoms with Gasteiger partial charge in [-0.15, -0.1) is 0 Å². The molecule has 1 N–H and O–H groups in total. The molecule has 5 heteroatoms. The molecule has 0 fully saturated rings.